The molecule has 6 heteroatoms. The molecule has 84 valence electrons. The first-order valence-electron chi connectivity index (χ1n) is 4.75. The van der Waals surface area contributed by atoms with Crippen molar-refractivity contribution in [1.29, 1.82) is 0 Å². The third-order valence-electron chi connectivity index (χ3n) is 1.84. The van der Waals surface area contributed by atoms with Gasteiger partial charge in [0.25, 0.3) is 0 Å². The van der Waals surface area contributed by atoms with Gasteiger partial charge in [0, 0.05) is 14.1 Å². The van der Waals surface area contributed by atoms with Crippen LogP contribution in [0.15, 0.2) is 24.3 Å². The molecule has 0 unspecified atom stereocenters. The fraction of sp³-hybridized carbons (Fsp3) is 0.200. The van der Waals surface area contributed by atoms with Crippen molar-refractivity contribution >= 4 is 32.7 Å². The summed E-state index contributed by atoms with van der Waals surface area (Å²) in [6.07, 6.45) is 0. The molecule has 0 spiro atoms. The number of urea groups is 1. The van der Waals surface area contributed by atoms with E-state index >= 15 is 0 Å². The number of aromatic nitrogens is 1. The normalized spacial score (nSPS) is 10.7. The molecule has 0 bridgehead atoms. The Morgan fingerprint density at radius 1 is 1.38 bits per heavy atom. The minimum Gasteiger partial charge on any atom is -0.282 e. The molecular weight excluding hydrogens is 224 g/mol. The Kier molecular flexibility index (Phi) is 3.02. The molecule has 0 aliphatic heterocycles. The number of hydrazine groups is 1. The molecule has 0 saturated heterocycles. The number of thiazole rings is 1. The van der Waals surface area contributed by atoms with Gasteiger partial charge in [-0.25, -0.2) is 14.8 Å². The quantitative estimate of drug-likeness (QED) is 0.783. The second kappa shape index (κ2) is 4.46. The van der Waals surface area contributed by atoms with Crippen LogP contribution in [0.5, 0.6) is 0 Å². The number of para-hydroxylation sites is 1. The lowest BCUT2D eigenvalue weighted by Gasteiger charge is -2.10. The molecular formula is C10H12N4OS. The second-order valence-corrected chi connectivity index (χ2v) is 4.48. The van der Waals surface area contributed by atoms with Crippen molar-refractivity contribution < 1.29 is 4.79 Å². The van der Waals surface area contributed by atoms with Crippen LogP contribution in [-0.4, -0.2) is 30.1 Å². The number of amides is 2. The van der Waals surface area contributed by atoms with Gasteiger partial charge in [-0.2, -0.15) is 0 Å². The van der Waals surface area contributed by atoms with Crippen LogP contribution in [0.2, 0.25) is 0 Å². The van der Waals surface area contributed by atoms with E-state index in [4.69, 9.17) is 0 Å². The van der Waals surface area contributed by atoms with Crippen molar-refractivity contribution in [2.24, 2.45) is 0 Å². The highest BCUT2D eigenvalue weighted by Gasteiger charge is 2.06. The van der Waals surface area contributed by atoms with Gasteiger partial charge in [0.2, 0.25) is 0 Å². The Labute approximate surface area is 97.1 Å². The molecule has 2 N–H and O–H groups in total. The van der Waals surface area contributed by atoms with Crippen molar-refractivity contribution in [3.8, 4) is 0 Å². The zero-order chi connectivity index (χ0) is 11.5. The molecule has 2 aromatic rings. The number of carbonyl (C=O) groups is 1. The Balaban J connectivity index is 2.12. The summed E-state index contributed by atoms with van der Waals surface area (Å²) in [5, 5.41) is 4.85. The monoisotopic (exact) mass is 236 g/mol. The zero-order valence-electron chi connectivity index (χ0n) is 9.02. The second-order valence-electron chi connectivity index (χ2n) is 3.45. The Morgan fingerprint density at radius 3 is 2.81 bits per heavy atom. The fourth-order valence-electron chi connectivity index (χ4n) is 1.25. The lowest BCUT2D eigenvalue weighted by atomic mass is 10.3. The lowest BCUT2D eigenvalue weighted by Crippen LogP contribution is -2.39. The van der Waals surface area contributed by atoms with Crippen LogP contribution in [0.1, 0.15) is 0 Å². The molecule has 0 aliphatic carbocycles. The number of nitrogens with zero attached hydrogens (tertiary/aromatic N) is 2. The van der Waals surface area contributed by atoms with Crippen LogP contribution in [0.25, 0.3) is 10.2 Å². The topological polar surface area (TPSA) is 57.3 Å². The molecule has 0 fully saturated rings. The molecule has 0 radical (unpaired) electrons. The fourth-order valence-corrected chi connectivity index (χ4v) is 2.11. The van der Waals surface area contributed by atoms with E-state index in [-0.39, 0.29) is 6.03 Å². The third-order valence-corrected chi connectivity index (χ3v) is 2.79. The van der Waals surface area contributed by atoms with Gasteiger partial charge in [-0.3, -0.25) is 10.7 Å². The largest absolute Gasteiger partial charge is 0.335 e. The number of benzene rings is 1. The Bertz CT molecular complexity index is 475. The summed E-state index contributed by atoms with van der Waals surface area (Å²) >= 11 is 1.45. The number of rotatable bonds is 2. The number of hydrogen-bond acceptors (Lipinski definition) is 4. The average molecular weight is 236 g/mol. The molecule has 0 saturated carbocycles. The predicted octanol–water partition coefficient (Wildman–Crippen LogP) is 1.89. The van der Waals surface area contributed by atoms with E-state index < -0.39 is 0 Å². The first kappa shape index (κ1) is 10.8. The maximum atomic E-state index is 11.4. The van der Waals surface area contributed by atoms with Crippen molar-refractivity contribution in [1.82, 2.24) is 15.4 Å². The number of nitrogens with one attached hydrogen (secondary N) is 2. The molecule has 5 nitrogen and oxygen atoms in total. The predicted molar refractivity (Wildman–Crippen MR) is 65.5 cm³/mol. The summed E-state index contributed by atoms with van der Waals surface area (Å²) in [5.74, 6) is 0. The van der Waals surface area contributed by atoms with Crippen molar-refractivity contribution in [3.63, 3.8) is 0 Å². The zero-order valence-corrected chi connectivity index (χ0v) is 9.84. The molecule has 2 amide bonds. The minimum absolute atomic E-state index is 0.288. The number of fused-ring (bicyclic) bond motifs is 1. The van der Waals surface area contributed by atoms with Gasteiger partial charge in [0.15, 0.2) is 5.13 Å². The van der Waals surface area contributed by atoms with Crippen LogP contribution in [-0.2, 0) is 0 Å². The van der Waals surface area contributed by atoms with Gasteiger partial charge in [0.05, 0.1) is 10.2 Å². The van der Waals surface area contributed by atoms with E-state index in [1.807, 2.05) is 24.3 Å². The van der Waals surface area contributed by atoms with Gasteiger partial charge in [-0.1, -0.05) is 23.5 Å². The SMILES string of the molecule is CN(C)NC(=O)Nc1nc2ccccc2s1. The van der Waals surface area contributed by atoms with Crippen LogP contribution < -0.4 is 10.7 Å². The highest BCUT2D eigenvalue weighted by atomic mass is 32.1. The lowest BCUT2D eigenvalue weighted by molar-refractivity contribution is 0.224. The van der Waals surface area contributed by atoms with E-state index in [1.165, 1.54) is 11.3 Å². The summed E-state index contributed by atoms with van der Waals surface area (Å²) in [4.78, 5) is 15.7. The van der Waals surface area contributed by atoms with E-state index in [9.17, 15) is 4.79 Å². The average Bonchev–Trinajstić information content (AvgIpc) is 2.57. The van der Waals surface area contributed by atoms with Crippen LogP contribution >= 0.6 is 11.3 Å². The highest BCUT2D eigenvalue weighted by Crippen LogP contribution is 2.24. The number of hydrogen-bond donors (Lipinski definition) is 2. The first-order chi connectivity index (χ1) is 7.65. The summed E-state index contributed by atoms with van der Waals surface area (Å²) in [6, 6.07) is 7.47. The summed E-state index contributed by atoms with van der Waals surface area (Å²) in [5.41, 5.74) is 3.48. The third kappa shape index (κ3) is 2.47. The van der Waals surface area contributed by atoms with E-state index in [1.54, 1.807) is 19.1 Å². The summed E-state index contributed by atoms with van der Waals surface area (Å²) < 4.78 is 1.06. The van der Waals surface area contributed by atoms with Crippen LogP contribution in [0, 0.1) is 0 Å². The molecule has 16 heavy (non-hydrogen) atoms. The van der Waals surface area contributed by atoms with Gasteiger partial charge >= 0.3 is 6.03 Å². The Hall–Kier alpha value is -1.66. The Morgan fingerprint density at radius 2 is 2.12 bits per heavy atom. The summed E-state index contributed by atoms with van der Waals surface area (Å²) in [7, 11) is 3.50. The van der Waals surface area contributed by atoms with Gasteiger partial charge in [0.1, 0.15) is 0 Å². The maximum absolute atomic E-state index is 11.4. The van der Waals surface area contributed by atoms with E-state index in [0.29, 0.717) is 5.13 Å². The maximum Gasteiger partial charge on any atom is 0.335 e. The molecule has 1 aromatic heterocycles. The van der Waals surface area contributed by atoms with Gasteiger partial charge in [-0.15, -0.1) is 0 Å². The van der Waals surface area contributed by atoms with Crippen molar-refractivity contribution in [2.45, 2.75) is 0 Å². The number of carbonyl (C=O) groups excluding carboxylic acids is 1. The van der Waals surface area contributed by atoms with Crippen LogP contribution in [0.4, 0.5) is 9.93 Å². The summed E-state index contributed by atoms with van der Waals surface area (Å²) in [6.45, 7) is 0. The molecule has 2 rings (SSSR count). The minimum atomic E-state index is -0.288. The number of anilines is 1. The molecule has 0 atom stereocenters. The van der Waals surface area contributed by atoms with Crippen molar-refractivity contribution in [2.75, 3.05) is 19.4 Å². The van der Waals surface area contributed by atoms with E-state index in [0.717, 1.165) is 10.2 Å². The standard InChI is InChI=1S/C10H12N4OS/c1-14(2)13-9(15)12-10-11-7-5-3-4-6-8(7)16-10/h3-6H,1-2H3,(H2,11,12,13,15). The van der Waals surface area contributed by atoms with Crippen molar-refractivity contribution in [3.05, 3.63) is 24.3 Å². The first-order valence-corrected chi connectivity index (χ1v) is 5.57. The smallest absolute Gasteiger partial charge is 0.282 e. The van der Waals surface area contributed by atoms with E-state index in [2.05, 4.69) is 15.7 Å². The van der Waals surface area contributed by atoms with Gasteiger partial charge < -0.3 is 0 Å². The van der Waals surface area contributed by atoms with Crippen LogP contribution in [0.3, 0.4) is 0 Å². The molecule has 1 heterocycles. The molecule has 1 aromatic carbocycles. The highest BCUT2D eigenvalue weighted by molar-refractivity contribution is 7.22. The van der Waals surface area contributed by atoms with Gasteiger partial charge in [-0.05, 0) is 12.1 Å². The molecule has 0 aliphatic rings.